The van der Waals surface area contributed by atoms with Gasteiger partial charge in [-0.15, -0.1) is 0 Å². The molecular formula is C22H29FNaO8P. The van der Waals surface area contributed by atoms with Crippen molar-refractivity contribution in [2.75, 3.05) is 6.61 Å². The van der Waals surface area contributed by atoms with Gasteiger partial charge in [0.2, 0.25) is 0 Å². The van der Waals surface area contributed by atoms with Crippen LogP contribution in [0.1, 0.15) is 46.5 Å². The number of fused-ring (bicyclic) bond motifs is 5. The van der Waals surface area contributed by atoms with Gasteiger partial charge in [-0.05, 0) is 56.6 Å². The van der Waals surface area contributed by atoms with Crippen molar-refractivity contribution in [3.63, 3.8) is 0 Å². The minimum absolute atomic E-state index is 0. The van der Waals surface area contributed by atoms with E-state index in [1.807, 2.05) is 0 Å². The molecule has 3 saturated carbocycles. The van der Waals surface area contributed by atoms with Crippen LogP contribution >= 0.6 is 7.82 Å². The maximum Gasteiger partial charge on any atom is 1.00 e. The van der Waals surface area contributed by atoms with Crippen LogP contribution in [0.2, 0.25) is 0 Å². The third-order valence-electron chi connectivity index (χ3n) is 9.01. The van der Waals surface area contributed by atoms with Gasteiger partial charge in [-0.25, -0.2) is 4.39 Å². The van der Waals surface area contributed by atoms with Gasteiger partial charge in [0.25, 0.3) is 7.82 Å². The molecule has 4 aliphatic carbocycles. The Bertz CT molecular complexity index is 979. The quantitative estimate of drug-likeness (QED) is 0.313. The molecule has 0 aromatic rings. The van der Waals surface area contributed by atoms with Crippen molar-refractivity contribution in [3.8, 4) is 0 Å². The molecule has 0 spiro atoms. The standard InChI is InChI=1S/C22H30FO8P.Na/c1-12-8-16-15-5-4-13-9-14(24)6-7-19(13,2)21(15,23)17(25)10-20(16,3)22(12,27)18(26)11-31-32(28,29)30;/h6-7,9,12,15-17,25,27H,4-5,8,10-11H2,1-3H3,(H2,28,29,30);/q;+1/p-1/t12-,15-,16-,17-,19-,20-,21-,22-;/m0./s1. The van der Waals surface area contributed by atoms with E-state index in [9.17, 15) is 29.3 Å². The number of carbonyl (C=O) groups is 2. The van der Waals surface area contributed by atoms with Crippen LogP contribution in [0.25, 0.3) is 0 Å². The van der Waals surface area contributed by atoms with Gasteiger partial charge in [0.05, 0.1) is 6.10 Å². The van der Waals surface area contributed by atoms with Gasteiger partial charge in [-0.1, -0.05) is 25.5 Å². The van der Waals surface area contributed by atoms with Crippen LogP contribution in [0.15, 0.2) is 23.8 Å². The number of ketones is 2. The molecule has 3 fully saturated rings. The summed E-state index contributed by atoms with van der Waals surface area (Å²) in [4.78, 5) is 44.7. The average molecular weight is 494 g/mol. The Hall–Kier alpha value is -0.220. The number of aliphatic hydroxyl groups excluding tert-OH is 1. The Morgan fingerprint density at radius 2 is 2.00 bits per heavy atom. The summed E-state index contributed by atoms with van der Waals surface area (Å²) in [6.07, 6.45) is 3.62. The number of Topliss-reactive ketones (excluding diaryl/α,β-unsaturated/α-hetero) is 1. The third-order valence-corrected chi connectivity index (χ3v) is 9.46. The van der Waals surface area contributed by atoms with E-state index in [0.717, 1.165) is 0 Å². The molecule has 0 saturated heterocycles. The largest absolute Gasteiger partial charge is 1.00 e. The van der Waals surface area contributed by atoms with Crippen molar-refractivity contribution in [2.24, 2.45) is 28.6 Å². The Morgan fingerprint density at radius 1 is 1.36 bits per heavy atom. The van der Waals surface area contributed by atoms with E-state index < -0.39 is 66.2 Å². The van der Waals surface area contributed by atoms with Crippen molar-refractivity contribution in [1.82, 2.24) is 0 Å². The number of hydrogen-bond donors (Lipinski definition) is 3. The maximum atomic E-state index is 17.0. The normalized spacial score (nSPS) is 48.0. The summed E-state index contributed by atoms with van der Waals surface area (Å²) in [5, 5.41) is 22.8. The second-order valence-corrected chi connectivity index (χ2v) is 11.5. The molecule has 3 N–H and O–H groups in total. The van der Waals surface area contributed by atoms with Gasteiger partial charge < -0.3 is 24.5 Å². The minimum atomic E-state index is -5.18. The number of phosphoric ester groups is 1. The summed E-state index contributed by atoms with van der Waals surface area (Å²) >= 11 is 0. The van der Waals surface area contributed by atoms with Crippen molar-refractivity contribution in [2.45, 2.75) is 63.8 Å². The first-order valence-corrected chi connectivity index (χ1v) is 12.4. The van der Waals surface area contributed by atoms with E-state index in [-0.39, 0.29) is 41.8 Å². The van der Waals surface area contributed by atoms with E-state index in [4.69, 9.17) is 4.89 Å². The number of hydrogen-bond acceptors (Lipinski definition) is 7. The maximum absolute atomic E-state index is 17.0. The van der Waals surface area contributed by atoms with Gasteiger partial charge in [0, 0.05) is 16.7 Å². The Morgan fingerprint density at radius 3 is 2.61 bits per heavy atom. The number of halogens is 1. The summed E-state index contributed by atoms with van der Waals surface area (Å²) in [6.45, 7) is 3.90. The van der Waals surface area contributed by atoms with E-state index in [2.05, 4.69) is 4.52 Å². The molecule has 178 valence electrons. The molecule has 4 rings (SSSR count). The summed E-state index contributed by atoms with van der Waals surface area (Å²) in [5.41, 5.74) is -5.95. The molecule has 0 amide bonds. The fourth-order valence-electron chi connectivity index (χ4n) is 7.39. The molecule has 0 radical (unpaired) electrons. The summed E-state index contributed by atoms with van der Waals surface area (Å²) in [5.74, 6) is -2.96. The fourth-order valence-corrected chi connectivity index (χ4v) is 7.67. The second kappa shape index (κ2) is 8.43. The Balaban J connectivity index is 0.00000306. The number of carbonyl (C=O) groups excluding carboxylic acids is 2. The molecule has 9 atom stereocenters. The molecule has 8 nitrogen and oxygen atoms in total. The molecule has 4 aliphatic rings. The number of aliphatic hydroxyl groups is 2. The van der Waals surface area contributed by atoms with Crippen LogP contribution in [0.5, 0.6) is 0 Å². The Kier molecular flexibility index (Phi) is 6.99. The Labute approximate surface area is 214 Å². The first-order chi connectivity index (χ1) is 14.6. The minimum Gasteiger partial charge on any atom is -0.756 e. The van der Waals surface area contributed by atoms with Gasteiger partial charge >= 0.3 is 29.6 Å². The van der Waals surface area contributed by atoms with Gasteiger partial charge in [0.15, 0.2) is 17.2 Å². The molecule has 0 heterocycles. The van der Waals surface area contributed by atoms with Gasteiger partial charge in [-0.2, -0.15) is 0 Å². The van der Waals surface area contributed by atoms with Gasteiger partial charge in [-0.3, -0.25) is 14.2 Å². The average Bonchev–Trinajstić information content (AvgIpc) is 2.89. The first kappa shape index (κ1) is 27.4. The van der Waals surface area contributed by atoms with Crippen LogP contribution in [0.4, 0.5) is 4.39 Å². The molecule has 0 aliphatic heterocycles. The predicted molar refractivity (Wildman–Crippen MR) is 109 cm³/mol. The van der Waals surface area contributed by atoms with E-state index in [1.54, 1.807) is 20.8 Å². The summed E-state index contributed by atoms with van der Waals surface area (Å²) in [6, 6.07) is 0. The number of alkyl halides is 1. The molecule has 0 aromatic carbocycles. The van der Waals surface area contributed by atoms with E-state index in [0.29, 0.717) is 24.8 Å². The third kappa shape index (κ3) is 3.66. The van der Waals surface area contributed by atoms with Crippen molar-refractivity contribution in [3.05, 3.63) is 23.8 Å². The van der Waals surface area contributed by atoms with E-state index in [1.165, 1.54) is 18.2 Å². The number of phosphoric acid groups is 1. The van der Waals surface area contributed by atoms with Gasteiger partial charge in [0.1, 0.15) is 12.2 Å². The predicted octanol–water partition coefficient (Wildman–Crippen LogP) is -1.62. The molecule has 11 heteroatoms. The van der Waals surface area contributed by atoms with E-state index >= 15 is 4.39 Å². The fraction of sp³-hybridized carbons (Fsp3) is 0.727. The van der Waals surface area contributed by atoms with Crippen molar-refractivity contribution < 1.29 is 72.6 Å². The zero-order chi connectivity index (χ0) is 23.9. The van der Waals surface area contributed by atoms with Crippen LogP contribution in [-0.2, 0) is 18.7 Å². The first-order valence-electron chi connectivity index (χ1n) is 10.9. The van der Waals surface area contributed by atoms with Crippen LogP contribution in [0, 0.1) is 28.6 Å². The topological polar surface area (TPSA) is 144 Å². The van der Waals surface area contributed by atoms with Crippen molar-refractivity contribution >= 4 is 19.4 Å². The van der Waals surface area contributed by atoms with Crippen LogP contribution < -0.4 is 34.5 Å². The molecular weight excluding hydrogens is 465 g/mol. The molecule has 1 unspecified atom stereocenters. The monoisotopic (exact) mass is 494 g/mol. The zero-order valence-electron chi connectivity index (χ0n) is 19.3. The summed E-state index contributed by atoms with van der Waals surface area (Å²) < 4.78 is 32.2. The van der Waals surface area contributed by atoms with Crippen molar-refractivity contribution in [1.29, 1.82) is 0 Å². The molecule has 0 bridgehead atoms. The van der Waals surface area contributed by atoms with Crippen LogP contribution in [0.3, 0.4) is 0 Å². The SMILES string of the molecule is C[C@H]1C[C@H]2[C@@H]3CCC4=CC(=O)C=C[C@]4(C)[C@@]3(F)[C@@H](O)C[C@]2(C)[C@@]1(O)C(=O)COP(=O)([O-])O.[Na+]. The number of rotatable bonds is 4. The smallest absolute Gasteiger partial charge is 0.756 e. The molecule has 33 heavy (non-hydrogen) atoms. The summed E-state index contributed by atoms with van der Waals surface area (Å²) in [7, 11) is -5.18. The number of allylic oxidation sites excluding steroid dienone is 4. The molecule has 0 aromatic heterocycles. The zero-order valence-corrected chi connectivity index (χ0v) is 22.2. The van der Waals surface area contributed by atoms with Crippen LogP contribution in [-0.4, -0.2) is 50.7 Å². The second-order valence-electron chi connectivity index (χ2n) is 10.3.